The van der Waals surface area contributed by atoms with Crippen molar-refractivity contribution in [2.75, 3.05) is 20.8 Å². The van der Waals surface area contributed by atoms with Crippen molar-refractivity contribution in [2.45, 2.75) is 38.0 Å². The van der Waals surface area contributed by atoms with E-state index in [0.29, 0.717) is 24.0 Å². The highest BCUT2D eigenvalue weighted by molar-refractivity contribution is 5.73. The summed E-state index contributed by atoms with van der Waals surface area (Å²) in [5.74, 6) is 1.47. The molecule has 1 saturated carbocycles. The van der Waals surface area contributed by atoms with Crippen LogP contribution in [0.4, 0.5) is 4.39 Å². The molecule has 35 heavy (non-hydrogen) atoms. The van der Waals surface area contributed by atoms with E-state index in [1.807, 2.05) is 37.3 Å². The lowest BCUT2D eigenvalue weighted by atomic mass is 9.81. The zero-order valence-corrected chi connectivity index (χ0v) is 20.3. The highest BCUT2D eigenvalue weighted by Gasteiger charge is 2.39. The van der Waals surface area contributed by atoms with E-state index in [9.17, 15) is 9.18 Å². The van der Waals surface area contributed by atoms with Crippen molar-refractivity contribution in [2.24, 2.45) is 11.8 Å². The number of rotatable bonds is 7. The van der Waals surface area contributed by atoms with Crippen LogP contribution >= 0.6 is 0 Å². The zero-order chi connectivity index (χ0) is 24.5. The minimum Gasteiger partial charge on any atom is -0.493 e. The van der Waals surface area contributed by atoms with Crippen molar-refractivity contribution in [1.82, 2.24) is 4.98 Å². The number of hydrogen-bond acceptors (Lipinski definition) is 5. The van der Waals surface area contributed by atoms with Crippen LogP contribution in [-0.2, 0) is 16.0 Å². The average Bonchev–Trinajstić information content (AvgIpc) is 3.73. The second kappa shape index (κ2) is 9.68. The summed E-state index contributed by atoms with van der Waals surface area (Å²) < 4.78 is 30.6. The number of esters is 1. The van der Waals surface area contributed by atoms with E-state index in [2.05, 4.69) is 17.1 Å². The van der Waals surface area contributed by atoms with Gasteiger partial charge in [-0.1, -0.05) is 43.3 Å². The quantitative estimate of drug-likeness (QED) is 0.397. The standard InChI is InChI=1S/C29H30FNO4/c1-17(29(32)34-3)28(20-8-9-20)21-10-11-26-22(12-21)13-23(16-35-26)18-4-6-19(7-5-18)24-14-27(33-2)31-15-25(24)30/h4-7,10-12,14-15,17,20,23,28H,8-9,13,16H2,1-3H3. The zero-order valence-electron chi connectivity index (χ0n) is 20.3. The molecule has 3 aromatic rings. The van der Waals surface area contributed by atoms with Crippen LogP contribution in [0.2, 0.25) is 0 Å². The molecule has 1 aromatic heterocycles. The van der Waals surface area contributed by atoms with Crippen LogP contribution in [-0.4, -0.2) is 31.8 Å². The van der Waals surface area contributed by atoms with E-state index in [1.54, 1.807) is 6.07 Å². The summed E-state index contributed by atoms with van der Waals surface area (Å²) >= 11 is 0. The van der Waals surface area contributed by atoms with Gasteiger partial charge in [0.1, 0.15) is 11.6 Å². The van der Waals surface area contributed by atoms with Crippen molar-refractivity contribution in [3.05, 3.63) is 77.2 Å². The van der Waals surface area contributed by atoms with E-state index in [1.165, 1.54) is 26.0 Å². The molecular weight excluding hydrogens is 445 g/mol. The normalized spacial score (nSPS) is 18.7. The fourth-order valence-electron chi connectivity index (χ4n) is 5.28. The Hall–Kier alpha value is -3.41. The third-order valence-electron chi connectivity index (χ3n) is 7.35. The number of carbonyl (C=O) groups excluding carboxylic acids is 1. The molecule has 5 nitrogen and oxygen atoms in total. The van der Waals surface area contributed by atoms with E-state index in [0.717, 1.165) is 41.7 Å². The molecule has 1 aliphatic heterocycles. The van der Waals surface area contributed by atoms with Gasteiger partial charge in [-0.25, -0.2) is 9.37 Å². The van der Waals surface area contributed by atoms with Crippen molar-refractivity contribution in [3.63, 3.8) is 0 Å². The summed E-state index contributed by atoms with van der Waals surface area (Å²) in [5.41, 5.74) is 4.73. The van der Waals surface area contributed by atoms with Crippen molar-refractivity contribution >= 4 is 5.97 Å². The van der Waals surface area contributed by atoms with Crippen LogP contribution in [0.1, 0.15) is 48.3 Å². The van der Waals surface area contributed by atoms with E-state index < -0.39 is 0 Å². The molecule has 6 heteroatoms. The van der Waals surface area contributed by atoms with Crippen LogP contribution in [0.3, 0.4) is 0 Å². The molecule has 2 aliphatic rings. The van der Waals surface area contributed by atoms with Gasteiger partial charge < -0.3 is 14.2 Å². The lowest BCUT2D eigenvalue weighted by Gasteiger charge is -2.28. The van der Waals surface area contributed by atoms with Gasteiger partial charge >= 0.3 is 5.97 Å². The molecule has 182 valence electrons. The molecule has 0 amide bonds. The highest BCUT2D eigenvalue weighted by Crippen LogP contribution is 2.48. The van der Waals surface area contributed by atoms with Gasteiger partial charge in [0.2, 0.25) is 5.88 Å². The number of carbonyl (C=O) groups is 1. The Morgan fingerprint density at radius 2 is 1.89 bits per heavy atom. The topological polar surface area (TPSA) is 57.7 Å². The number of pyridine rings is 1. The number of benzene rings is 2. The first kappa shape index (κ1) is 23.3. The maximum Gasteiger partial charge on any atom is 0.309 e. The first-order chi connectivity index (χ1) is 17.0. The number of halogens is 1. The van der Waals surface area contributed by atoms with Gasteiger partial charge in [0.15, 0.2) is 0 Å². The van der Waals surface area contributed by atoms with Crippen molar-refractivity contribution < 1.29 is 23.4 Å². The van der Waals surface area contributed by atoms with Gasteiger partial charge in [0.05, 0.1) is 32.9 Å². The Morgan fingerprint density at radius 3 is 2.57 bits per heavy atom. The summed E-state index contributed by atoms with van der Waals surface area (Å²) in [6.07, 6.45) is 4.34. The Bertz CT molecular complexity index is 1220. The number of fused-ring (bicyclic) bond motifs is 1. The predicted molar refractivity (Wildman–Crippen MR) is 131 cm³/mol. The van der Waals surface area contributed by atoms with Crippen LogP contribution < -0.4 is 9.47 Å². The summed E-state index contributed by atoms with van der Waals surface area (Å²) in [7, 11) is 2.97. The maximum absolute atomic E-state index is 14.3. The van der Waals surface area contributed by atoms with Gasteiger partial charge in [0, 0.05) is 17.5 Å². The molecule has 2 aromatic carbocycles. The van der Waals surface area contributed by atoms with Gasteiger partial charge in [-0.15, -0.1) is 0 Å². The fraction of sp³-hybridized carbons (Fsp3) is 0.379. The second-order valence-electron chi connectivity index (χ2n) is 9.58. The number of nitrogens with zero attached hydrogens (tertiary/aromatic N) is 1. The first-order valence-corrected chi connectivity index (χ1v) is 12.1. The third kappa shape index (κ3) is 4.75. The SMILES string of the molecule is COC(=O)C(C)C(c1ccc2c(c1)CC(c1ccc(-c3cc(OC)ncc3F)cc1)CO2)C1CC1. The van der Waals surface area contributed by atoms with Crippen molar-refractivity contribution in [3.8, 4) is 22.8 Å². The molecule has 5 rings (SSSR count). The van der Waals surface area contributed by atoms with Gasteiger partial charge in [-0.2, -0.15) is 0 Å². The van der Waals surface area contributed by atoms with Crippen LogP contribution in [0, 0.1) is 17.7 Å². The molecule has 0 spiro atoms. The molecule has 0 radical (unpaired) electrons. The van der Waals surface area contributed by atoms with Gasteiger partial charge in [-0.05, 0) is 59.4 Å². The molecular formula is C29H30FNO4. The minimum absolute atomic E-state index is 0.155. The molecule has 0 N–H and O–H groups in total. The summed E-state index contributed by atoms with van der Waals surface area (Å²) in [5, 5.41) is 0. The van der Waals surface area contributed by atoms with E-state index in [-0.39, 0.29) is 29.5 Å². The predicted octanol–water partition coefficient (Wildman–Crippen LogP) is 5.92. The number of ether oxygens (including phenoxy) is 3. The number of aromatic nitrogens is 1. The molecule has 1 fully saturated rings. The van der Waals surface area contributed by atoms with Crippen LogP contribution in [0.5, 0.6) is 11.6 Å². The lowest BCUT2D eigenvalue weighted by Crippen LogP contribution is -2.23. The maximum atomic E-state index is 14.3. The molecule has 3 unspecified atom stereocenters. The summed E-state index contributed by atoms with van der Waals surface area (Å²) in [4.78, 5) is 16.2. The third-order valence-corrected chi connectivity index (χ3v) is 7.35. The molecule has 2 heterocycles. The second-order valence-corrected chi connectivity index (χ2v) is 9.58. The van der Waals surface area contributed by atoms with Crippen LogP contribution in [0.25, 0.3) is 11.1 Å². The molecule has 3 atom stereocenters. The van der Waals surface area contributed by atoms with Crippen molar-refractivity contribution in [1.29, 1.82) is 0 Å². The monoisotopic (exact) mass is 475 g/mol. The highest BCUT2D eigenvalue weighted by atomic mass is 19.1. The van der Waals surface area contributed by atoms with E-state index >= 15 is 0 Å². The Kier molecular flexibility index (Phi) is 6.46. The first-order valence-electron chi connectivity index (χ1n) is 12.1. The number of hydrogen-bond donors (Lipinski definition) is 0. The fourth-order valence-corrected chi connectivity index (χ4v) is 5.28. The largest absolute Gasteiger partial charge is 0.493 e. The summed E-state index contributed by atoms with van der Waals surface area (Å²) in [6, 6.07) is 15.9. The van der Waals surface area contributed by atoms with Gasteiger partial charge in [-0.3, -0.25) is 4.79 Å². The average molecular weight is 476 g/mol. The minimum atomic E-state index is -0.382. The van der Waals surface area contributed by atoms with Gasteiger partial charge in [0.25, 0.3) is 0 Å². The Morgan fingerprint density at radius 1 is 1.11 bits per heavy atom. The lowest BCUT2D eigenvalue weighted by molar-refractivity contribution is -0.145. The number of methoxy groups -OCH3 is 2. The Labute approximate surface area is 205 Å². The van der Waals surface area contributed by atoms with Crippen LogP contribution in [0.15, 0.2) is 54.7 Å². The molecule has 0 saturated heterocycles. The smallest absolute Gasteiger partial charge is 0.309 e. The molecule has 0 bridgehead atoms. The van der Waals surface area contributed by atoms with E-state index in [4.69, 9.17) is 14.2 Å². The Balaban J connectivity index is 1.37. The summed E-state index contributed by atoms with van der Waals surface area (Å²) in [6.45, 7) is 2.56. The molecule has 1 aliphatic carbocycles.